The van der Waals surface area contributed by atoms with Crippen molar-refractivity contribution in [3.63, 3.8) is 0 Å². The third-order valence-electron chi connectivity index (χ3n) is 4.98. The highest BCUT2D eigenvalue weighted by Gasteiger charge is 2.23. The summed E-state index contributed by atoms with van der Waals surface area (Å²) in [5, 5.41) is 7.16. The summed E-state index contributed by atoms with van der Waals surface area (Å²) >= 11 is 0. The number of hydrogen-bond donors (Lipinski definition) is 1. The third-order valence-corrected chi connectivity index (χ3v) is 4.98. The molecule has 1 fully saturated rings. The van der Waals surface area contributed by atoms with Crippen LogP contribution in [-0.2, 0) is 22.6 Å². The van der Waals surface area contributed by atoms with Gasteiger partial charge < -0.3 is 19.4 Å². The molecular weight excluding hydrogens is 360 g/mol. The summed E-state index contributed by atoms with van der Waals surface area (Å²) < 4.78 is 11.9. The van der Waals surface area contributed by atoms with Gasteiger partial charge in [0.1, 0.15) is 11.5 Å². The van der Waals surface area contributed by atoms with Gasteiger partial charge in [-0.2, -0.15) is 5.10 Å². The summed E-state index contributed by atoms with van der Waals surface area (Å²) in [5.41, 5.74) is 0.679. The molecule has 1 aliphatic heterocycles. The zero-order chi connectivity index (χ0) is 19.9. The second kappa shape index (κ2) is 9.54. The lowest BCUT2D eigenvalue weighted by molar-refractivity contribution is -0.122. The van der Waals surface area contributed by atoms with E-state index in [0.29, 0.717) is 26.1 Å². The molecule has 2 aromatic heterocycles. The summed E-state index contributed by atoms with van der Waals surface area (Å²) in [5.74, 6) is 1.87. The first-order valence-corrected chi connectivity index (χ1v) is 9.68. The first kappa shape index (κ1) is 20.1. The van der Waals surface area contributed by atoms with Crippen LogP contribution < -0.4 is 15.8 Å². The van der Waals surface area contributed by atoms with Gasteiger partial charge in [-0.15, -0.1) is 0 Å². The van der Waals surface area contributed by atoms with Crippen LogP contribution in [0.15, 0.2) is 33.6 Å². The SMILES string of the molecule is COCCn1ncc(N2CCCC(CC(=O)NCc3ccc(C)o3)C2)cc1=O. The second-order valence-electron chi connectivity index (χ2n) is 7.22. The fourth-order valence-electron chi connectivity index (χ4n) is 3.51. The van der Waals surface area contributed by atoms with Crippen molar-refractivity contribution >= 4 is 11.6 Å². The summed E-state index contributed by atoms with van der Waals surface area (Å²) in [6.45, 7) is 4.79. The first-order valence-electron chi connectivity index (χ1n) is 9.68. The Kier molecular flexibility index (Phi) is 6.86. The highest BCUT2D eigenvalue weighted by Crippen LogP contribution is 2.23. The van der Waals surface area contributed by atoms with E-state index in [2.05, 4.69) is 15.3 Å². The van der Waals surface area contributed by atoms with Crippen LogP contribution in [0.3, 0.4) is 0 Å². The van der Waals surface area contributed by atoms with Crippen molar-refractivity contribution in [3.05, 3.63) is 46.3 Å². The molecular formula is C20H28N4O4. The van der Waals surface area contributed by atoms with Gasteiger partial charge in [0.15, 0.2) is 0 Å². The molecule has 0 radical (unpaired) electrons. The van der Waals surface area contributed by atoms with Gasteiger partial charge in [-0.05, 0) is 37.8 Å². The van der Waals surface area contributed by atoms with E-state index in [4.69, 9.17) is 9.15 Å². The van der Waals surface area contributed by atoms with E-state index in [9.17, 15) is 9.59 Å². The molecule has 8 heteroatoms. The maximum absolute atomic E-state index is 12.3. The topological polar surface area (TPSA) is 89.6 Å². The molecule has 0 aliphatic carbocycles. The van der Waals surface area contributed by atoms with Crippen LogP contribution >= 0.6 is 0 Å². The van der Waals surface area contributed by atoms with Gasteiger partial charge in [-0.25, -0.2) is 4.68 Å². The number of aromatic nitrogens is 2. The number of amides is 1. The average molecular weight is 388 g/mol. The summed E-state index contributed by atoms with van der Waals surface area (Å²) in [7, 11) is 1.60. The highest BCUT2D eigenvalue weighted by molar-refractivity contribution is 5.76. The molecule has 1 unspecified atom stereocenters. The van der Waals surface area contributed by atoms with Crippen molar-refractivity contribution in [2.45, 2.75) is 39.3 Å². The van der Waals surface area contributed by atoms with E-state index in [1.54, 1.807) is 19.4 Å². The molecule has 0 saturated carbocycles. The zero-order valence-corrected chi connectivity index (χ0v) is 16.5. The number of piperidine rings is 1. The molecule has 3 rings (SSSR count). The predicted molar refractivity (Wildman–Crippen MR) is 105 cm³/mol. The Morgan fingerprint density at radius 2 is 2.29 bits per heavy atom. The minimum absolute atomic E-state index is 0.0222. The number of rotatable bonds is 8. The zero-order valence-electron chi connectivity index (χ0n) is 16.5. The van der Waals surface area contributed by atoms with E-state index >= 15 is 0 Å². The Hall–Kier alpha value is -2.61. The molecule has 28 heavy (non-hydrogen) atoms. The van der Waals surface area contributed by atoms with E-state index in [0.717, 1.165) is 43.1 Å². The van der Waals surface area contributed by atoms with Crippen molar-refractivity contribution in [1.82, 2.24) is 15.1 Å². The molecule has 0 aromatic carbocycles. The fraction of sp³-hybridized carbons (Fsp3) is 0.550. The molecule has 1 amide bonds. The van der Waals surface area contributed by atoms with Crippen molar-refractivity contribution in [1.29, 1.82) is 0 Å². The van der Waals surface area contributed by atoms with Crippen LogP contribution in [0.5, 0.6) is 0 Å². The number of nitrogens with zero attached hydrogens (tertiary/aromatic N) is 3. The lowest BCUT2D eigenvalue weighted by atomic mass is 9.94. The predicted octanol–water partition coefficient (Wildman–Crippen LogP) is 1.71. The van der Waals surface area contributed by atoms with Gasteiger partial charge in [0, 0.05) is 32.7 Å². The van der Waals surface area contributed by atoms with Gasteiger partial charge in [0.2, 0.25) is 5.91 Å². The number of carbonyl (C=O) groups excluding carboxylic acids is 1. The van der Waals surface area contributed by atoms with E-state index in [1.807, 2.05) is 19.1 Å². The third kappa shape index (κ3) is 5.45. The summed E-state index contributed by atoms with van der Waals surface area (Å²) in [4.78, 5) is 26.6. The highest BCUT2D eigenvalue weighted by atomic mass is 16.5. The average Bonchev–Trinajstić information content (AvgIpc) is 3.11. The van der Waals surface area contributed by atoms with Crippen molar-refractivity contribution < 1.29 is 13.9 Å². The molecule has 2 aromatic rings. The largest absolute Gasteiger partial charge is 0.465 e. The number of hydrogen-bond acceptors (Lipinski definition) is 6. The number of furan rings is 1. The Bertz CT molecular complexity index is 845. The van der Waals surface area contributed by atoms with Crippen molar-refractivity contribution in [3.8, 4) is 0 Å². The molecule has 152 valence electrons. The van der Waals surface area contributed by atoms with Crippen LogP contribution in [0.4, 0.5) is 5.69 Å². The molecule has 1 aliphatic rings. The van der Waals surface area contributed by atoms with Crippen LogP contribution in [-0.4, -0.2) is 42.5 Å². The number of ether oxygens (including phenoxy) is 1. The van der Waals surface area contributed by atoms with Crippen LogP contribution in [0, 0.1) is 12.8 Å². The van der Waals surface area contributed by atoms with E-state index in [1.165, 1.54) is 4.68 Å². The number of nitrogens with one attached hydrogen (secondary N) is 1. The fourth-order valence-corrected chi connectivity index (χ4v) is 3.51. The van der Waals surface area contributed by atoms with Gasteiger partial charge >= 0.3 is 0 Å². The Morgan fingerprint density at radius 1 is 1.43 bits per heavy atom. The number of anilines is 1. The quantitative estimate of drug-likeness (QED) is 0.741. The van der Waals surface area contributed by atoms with Crippen LogP contribution in [0.25, 0.3) is 0 Å². The number of carbonyl (C=O) groups is 1. The molecule has 1 saturated heterocycles. The Labute approximate surface area is 164 Å². The monoisotopic (exact) mass is 388 g/mol. The maximum Gasteiger partial charge on any atom is 0.268 e. The second-order valence-corrected chi connectivity index (χ2v) is 7.22. The minimum Gasteiger partial charge on any atom is -0.465 e. The van der Waals surface area contributed by atoms with E-state index < -0.39 is 0 Å². The van der Waals surface area contributed by atoms with Gasteiger partial charge in [-0.3, -0.25) is 9.59 Å². The molecule has 0 bridgehead atoms. The standard InChI is InChI=1S/C20H28N4O4/c1-15-5-6-18(28-15)13-21-19(25)10-16-4-3-7-23(14-16)17-11-20(26)24(22-12-17)8-9-27-2/h5-6,11-12,16H,3-4,7-10,13-14H2,1-2H3,(H,21,25). The van der Waals surface area contributed by atoms with Crippen LogP contribution in [0.2, 0.25) is 0 Å². The summed E-state index contributed by atoms with van der Waals surface area (Å²) in [6, 6.07) is 5.38. The summed E-state index contributed by atoms with van der Waals surface area (Å²) in [6.07, 6.45) is 4.18. The Balaban J connectivity index is 1.52. The lowest BCUT2D eigenvalue weighted by Crippen LogP contribution is -2.39. The molecule has 1 atom stereocenters. The number of aryl methyl sites for hydroxylation is 1. The Morgan fingerprint density at radius 3 is 3.00 bits per heavy atom. The first-order chi connectivity index (χ1) is 13.5. The maximum atomic E-state index is 12.3. The molecule has 8 nitrogen and oxygen atoms in total. The lowest BCUT2D eigenvalue weighted by Gasteiger charge is -2.33. The van der Waals surface area contributed by atoms with Gasteiger partial charge in [0.25, 0.3) is 5.56 Å². The van der Waals surface area contributed by atoms with E-state index in [-0.39, 0.29) is 17.4 Å². The van der Waals surface area contributed by atoms with Crippen LogP contribution in [0.1, 0.15) is 30.8 Å². The van der Waals surface area contributed by atoms with Crippen molar-refractivity contribution in [2.75, 3.05) is 31.7 Å². The number of methoxy groups -OCH3 is 1. The van der Waals surface area contributed by atoms with Crippen molar-refractivity contribution in [2.24, 2.45) is 5.92 Å². The van der Waals surface area contributed by atoms with Gasteiger partial charge in [0.05, 0.1) is 31.6 Å². The molecule has 0 spiro atoms. The molecule has 1 N–H and O–H groups in total. The smallest absolute Gasteiger partial charge is 0.268 e. The van der Waals surface area contributed by atoms with Gasteiger partial charge in [-0.1, -0.05) is 0 Å². The molecule has 3 heterocycles. The normalized spacial score (nSPS) is 16.9. The minimum atomic E-state index is -0.136.